The van der Waals surface area contributed by atoms with Crippen LogP contribution in [0, 0.1) is 0 Å². The van der Waals surface area contributed by atoms with Gasteiger partial charge in [0, 0.05) is 18.7 Å². The number of ether oxygens (including phenoxy) is 1. The van der Waals surface area contributed by atoms with Crippen molar-refractivity contribution in [1.82, 2.24) is 30.4 Å². The molecule has 0 spiro atoms. The lowest BCUT2D eigenvalue weighted by atomic mass is 10.1. The third-order valence-electron chi connectivity index (χ3n) is 6.58. The monoisotopic (exact) mass is 525 g/mol. The summed E-state index contributed by atoms with van der Waals surface area (Å²) in [6.45, 7) is 1.86. The highest BCUT2D eigenvalue weighted by Gasteiger charge is 2.36. The Morgan fingerprint density at radius 1 is 1.21 bits per heavy atom. The van der Waals surface area contributed by atoms with Crippen LogP contribution in [0.25, 0.3) is 22.3 Å². The van der Waals surface area contributed by atoms with Gasteiger partial charge in [-0.1, -0.05) is 30.3 Å². The van der Waals surface area contributed by atoms with E-state index in [1.165, 1.54) is 18.5 Å². The molecule has 3 heterocycles. The quantitative estimate of drug-likeness (QED) is 0.349. The van der Waals surface area contributed by atoms with Gasteiger partial charge in [-0.15, -0.1) is 0 Å². The predicted octanol–water partition coefficient (Wildman–Crippen LogP) is 3.96. The average molecular weight is 526 g/mol. The fraction of sp³-hybridized carbons (Fsp3) is 0.308. The second-order valence-corrected chi connectivity index (χ2v) is 9.01. The van der Waals surface area contributed by atoms with Crippen molar-refractivity contribution in [3.05, 3.63) is 65.5 Å². The molecule has 2 aromatic heterocycles. The molecule has 1 atom stereocenters. The van der Waals surface area contributed by atoms with Gasteiger partial charge in [0.15, 0.2) is 5.65 Å². The van der Waals surface area contributed by atoms with Gasteiger partial charge in [-0.25, -0.2) is 14.6 Å². The van der Waals surface area contributed by atoms with Crippen molar-refractivity contribution < 1.29 is 22.7 Å². The third kappa shape index (κ3) is 4.86. The Morgan fingerprint density at radius 2 is 2.00 bits per heavy atom. The molecule has 9 nitrogen and oxygen atoms in total. The van der Waals surface area contributed by atoms with Crippen molar-refractivity contribution in [2.45, 2.75) is 31.6 Å². The Balaban J connectivity index is 1.37. The summed E-state index contributed by atoms with van der Waals surface area (Å²) in [5.74, 6) is -0.845. The lowest BCUT2D eigenvalue weighted by molar-refractivity contribution is -0.138. The van der Waals surface area contributed by atoms with Crippen LogP contribution in [0.2, 0.25) is 0 Å². The molecular weight excluding hydrogens is 499 g/mol. The Morgan fingerprint density at radius 3 is 2.68 bits per heavy atom. The molecule has 2 aromatic carbocycles. The van der Waals surface area contributed by atoms with Gasteiger partial charge in [0.2, 0.25) is 0 Å². The topological polar surface area (TPSA) is 120 Å². The van der Waals surface area contributed by atoms with Gasteiger partial charge in [-0.3, -0.25) is 4.79 Å². The van der Waals surface area contributed by atoms with Gasteiger partial charge < -0.3 is 21.1 Å². The zero-order valence-corrected chi connectivity index (χ0v) is 20.5. The molecule has 5 rings (SSSR count). The summed E-state index contributed by atoms with van der Waals surface area (Å²) >= 11 is 0. The molecule has 1 aliphatic heterocycles. The number of amides is 1. The van der Waals surface area contributed by atoms with Crippen LogP contribution < -0.4 is 21.1 Å². The number of nitrogen functional groups attached to an aromatic ring is 1. The number of anilines is 1. The van der Waals surface area contributed by atoms with Gasteiger partial charge in [-0.05, 0) is 37.1 Å². The number of hydrogen-bond donors (Lipinski definition) is 3. The smallest absolute Gasteiger partial charge is 0.419 e. The maximum Gasteiger partial charge on any atom is 0.419 e. The predicted molar refractivity (Wildman–Crippen MR) is 135 cm³/mol. The van der Waals surface area contributed by atoms with Crippen LogP contribution >= 0.6 is 0 Å². The first kappa shape index (κ1) is 25.5. The number of fused-ring (bicyclic) bond motifs is 1. The molecule has 38 heavy (non-hydrogen) atoms. The number of benzene rings is 2. The molecular formula is C26H26F3N7O2. The van der Waals surface area contributed by atoms with Crippen LogP contribution in [0.1, 0.15) is 40.4 Å². The van der Waals surface area contributed by atoms with Crippen molar-refractivity contribution in [2.24, 2.45) is 0 Å². The van der Waals surface area contributed by atoms with Crippen molar-refractivity contribution >= 4 is 22.8 Å². The van der Waals surface area contributed by atoms with E-state index in [4.69, 9.17) is 15.6 Å². The zero-order valence-electron chi connectivity index (χ0n) is 20.5. The maximum atomic E-state index is 13.3. The first-order valence-corrected chi connectivity index (χ1v) is 12.1. The summed E-state index contributed by atoms with van der Waals surface area (Å²) in [5, 5.41) is 11.6. The Bertz CT molecular complexity index is 1460. The summed E-state index contributed by atoms with van der Waals surface area (Å²) in [7, 11) is 1.10. The highest BCUT2D eigenvalue weighted by molar-refractivity contribution is 5.98. The molecule has 4 N–H and O–H groups in total. The van der Waals surface area contributed by atoms with Crippen LogP contribution in [0.4, 0.5) is 19.0 Å². The number of carbonyl (C=O) groups is 1. The molecule has 1 fully saturated rings. The highest BCUT2D eigenvalue weighted by atomic mass is 19.4. The van der Waals surface area contributed by atoms with E-state index >= 15 is 0 Å². The van der Waals surface area contributed by atoms with Crippen LogP contribution in [0.3, 0.4) is 0 Å². The standard InChI is InChI=1S/C26H26F3N7O2/c1-38-22-18(5-2-6-19(22)26(27,28)29)25(37)32-12-15-7-9-16(10-8-15)21-20-23(30)33-14-34-24(20)36(35-21)17-4-3-11-31-13-17/h2,5-10,14,17,31H,3-4,11-13H2,1H3,(H,32,37)(H2,30,33,34)/t17-/m1/s1. The summed E-state index contributed by atoms with van der Waals surface area (Å²) in [4.78, 5) is 21.3. The molecule has 1 amide bonds. The summed E-state index contributed by atoms with van der Waals surface area (Å²) < 4.78 is 46.7. The SMILES string of the molecule is COc1c(C(=O)NCc2ccc(-c3nn([C@@H]4CCCNC4)c4ncnc(N)c34)cc2)cccc1C(F)(F)F. The van der Waals surface area contributed by atoms with Gasteiger partial charge in [0.05, 0.1) is 29.7 Å². The Kier molecular flexibility index (Phi) is 6.89. The van der Waals surface area contributed by atoms with Crippen LogP contribution in [0.15, 0.2) is 48.8 Å². The van der Waals surface area contributed by atoms with Crippen LogP contribution in [0.5, 0.6) is 5.75 Å². The average Bonchev–Trinajstić information content (AvgIpc) is 3.32. The summed E-state index contributed by atoms with van der Waals surface area (Å²) in [6, 6.07) is 10.8. The summed E-state index contributed by atoms with van der Waals surface area (Å²) in [5.41, 5.74) is 7.90. The number of nitrogens with zero attached hydrogens (tertiary/aromatic N) is 4. The number of carbonyl (C=O) groups excluding carboxylic acids is 1. The number of halogens is 3. The Labute approximate surface area is 216 Å². The number of aromatic nitrogens is 4. The molecule has 4 aromatic rings. The number of piperidine rings is 1. The van der Waals surface area contributed by atoms with Crippen molar-refractivity contribution in [3.63, 3.8) is 0 Å². The van der Waals surface area contributed by atoms with Crippen molar-refractivity contribution in [3.8, 4) is 17.0 Å². The summed E-state index contributed by atoms with van der Waals surface area (Å²) in [6.07, 6.45) is -1.20. The third-order valence-corrected chi connectivity index (χ3v) is 6.58. The maximum absolute atomic E-state index is 13.3. The van der Waals surface area contributed by atoms with E-state index in [2.05, 4.69) is 20.6 Å². The van der Waals surface area contributed by atoms with Crippen LogP contribution in [-0.4, -0.2) is 45.9 Å². The number of hydrogen-bond acceptors (Lipinski definition) is 7. The van der Waals surface area contributed by atoms with E-state index in [1.54, 1.807) is 0 Å². The van der Waals surface area contributed by atoms with Gasteiger partial charge in [0.1, 0.15) is 23.6 Å². The zero-order chi connectivity index (χ0) is 26.9. The fourth-order valence-corrected chi connectivity index (χ4v) is 4.71. The molecule has 0 radical (unpaired) electrons. The van der Waals surface area contributed by atoms with Gasteiger partial charge in [0.25, 0.3) is 5.91 Å². The number of alkyl halides is 3. The number of para-hydroxylation sites is 1. The first-order valence-electron chi connectivity index (χ1n) is 12.1. The largest absolute Gasteiger partial charge is 0.495 e. The fourth-order valence-electron chi connectivity index (χ4n) is 4.71. The molecule has 0 bridgehead atoms. The van der Waals surface area contributed by atoms with E-state index in [-0.39, 0.29) is 18.2 Å². The number of rotatable bonds is 6. The van der Waals surface area contributed by atoms with Crippen molar-refractivity contribution in [2.75, 3.05) is 25.9 Å². The second-order valence-electron chi connectivity index (χ2n) is 9.01. The van der Waals surface area contributed by atoms with E-state index in [0.29, 0.717) is 22.5 Å². The molecule has 0 unspecified atom stereocenters. The number of nitrogens with two attached hydrogens (primary N) is 1. The minimum absolute atomic E-state index is 0.104. The van der Waals surface area contributed by atoms with Gasteiger partial charge >= 0.3 is 6.18 Å². The van der Waals surface area contributed by atoms with E-state index < -0.39 is 23.4 Å². The van der Waals surface area contributed by atoms with Crippen LogP contribution in [-0.2, 0) is 12.7 Å². The first-order chi connectivity index (χ1) is 18.3. The lowest BCUT2D eigenvalue weighted by Crippen LogP contribution is -2.32. The lowest BCUT2D eigenvalue weighted by Gasteiger charge is -2.23. The molecule has 12 heteroatoms. The Hall–Kier alpha value is -4.19. The molecule has 198 valence electrons. The molecule has 1 saturated heterocycles. The number of methoxy groups -OCH3 is 1. The van der Waals surface area contributed by atoms with E-state index in [1.807, 2.05) is 28.9 Å². The highest BCUT2D eigenvalue weighted by Crippen LogP contribution is 2.38. The second kappa shape index (κ2) is 10.3. The van der Waals surface area contributed by atoms with Crippen molar-refractivity contribution in [1.29, 1.82) is 0 Å². The van der Waals surface area contributed by atoms with E-state index in [0.717, 1.165) is 50.2 Å². The minimum atomic E-state index is -4.64. The normalized spacial score (nSPS) is 15.9. The molecule has 0 aliphatic carbocycles. The molecule has 0 saturated carbocycles. The van der Waals surface area contributed by atoms with Gasteiger partial charge in [-0.2, -0.15) is 18.3 Å². The van der Waals surface area contributed by atoms with E-state index in [9.17, 15) is 18.0 Å². The number of nitrogens with one attached hydrogen (secondary N) is 2. The minimum Gasteiger partial charge on any atom is -0.495 e. The molecule has 1 aliphatic rings.